The van der Waals surface area contributed by atoms with E-state index in [1.807, 2.05) is 26.0 Å². The topological polar surface area (TPSA) is 60.2 Å². The molecule has 18 heavy (non-hydrogen) atoms. The number of sulfone groups is 1. The fraction of sp³-hybridized carbons (Fsp3) is 0.462. The lowest BCUT2D eigenvalue weighted by Gasteiger charge is -2.11. The summed E-state index contributed by atoms with van der Waals surface area (Å²) >= 11 is 4.87. The van der Waals surface area contributed by atoms with Crippen LogP contribution in [-0.2, 0) is 9.84 Å². The SMILES string of the molecule is CCCS(=O)(=O)c1ccc(C(C)CC(N)=S)cc1. The van der Waals surface area contributed by atoms with E-state index in [0.717, 1.165) is 5.56 Å². The Bertz CT molecular complexity index is 506. The molecule has 1 unspecified atom stereocenters. The minimum Gasteiger partial charge on any atom is -0.393 e. The van der Waals surface area contributed by atoms with E-state index < -0.39 is 9.84 Å². The average molecular weight is 285 g/mol. The van der Waals surface area contributed by atoms with Gasteiger partial charge in [-0.3, -0.25) is 0 Å². The van der Waals surface area contributed by atoms with E-state index in [0.29, 0.717) is 22.7 Å². The summed E-state index contributed by atoms with van der Waals surface area (Å²) in [6.07, 6.45) is 1.26. The molecule has 0 radical (unpaired) electrons. The number of thiocarbonyl (C=S) groups is 1. The molecule has 100 valence electrons. The van der Waals surface area contributed by atoms with Crippen LogP contribution in [0.15, 0.2) is 29.2 Å². The van der Waals surface area contributed by atoms with Gasteiger partial charge in [0.15, 0.2) is 9.84 Å². The fourth-order valence-electron chi connectivity index (χ4n) is 1.81. The lowest BCUT2D eigenvalue weighted by Crippen LogP contribution is -2.11. The second kappa shape index (κ2) is 6.29. The first-order chi connectivity index (χ1) is 8.36. The highest BCUT2D eigenvalue weighted by molar-refractivity contribution is 7.91. The molecule has 0 saturated heterocycles. The zero-order chi connectivity index (χ0) is 13.8. The van der Waals surface area contributed by atoms with Crippen LogP contribution >= 0.6 is 12.2 Å². The van der Waals surface area contributed by atoms with Crippen LogP contribution in [0.25, 0.3) is 0 Å². The zero-order valence-electron chi connectivity index (χ0n) is 10.7. The Morgan fingerprint density at radius 3 is 2.33 bits per heavy atom. The van der Waals surface area contributed by atoms with Crippen LogP contribution in [0.5, 0.6) is 0 Å². The summed E-state index contributed by atoms with van der Waals surface area (Å²) in [5.74, 6) is 0.403. The number of hydrogen-bond acceptors (Lipinski definition) is 3. The third kappa shape index (κ3) is 4.07. The first-order valence-electron chi connectivity index (χ1n) is 5.98. The van der Waals surface area contributed by atoms with E-state index in [-0.39, 0.29) is 11.7 Å². The molecule has 1 rings (SSSR count). The number of hydrogen-bond donors (Lipinski definition) is 1. The smallest absolute Gasteiger partial charge is 0.178 e. The van der Waals surface area contributed by atoms with Gasteiger partial charge in [0.05, 0.1) is 15.6 Å². The monoisotopic (exact) mass is 285 g/mol. The molecule has 0 spiro atoms. The second-order valence-electron chi connectivity index (χ2n) is 4.46. The van der Waals surface area contributed by atoms with Crippen molar-refractivity contribution >= 4 is 27.0 Å². The largest absolute Gasteiger partial charge is 0.393 e. The molecule has 2 N–H and O–H groups in total. The van der Waals surface area contributed by atoms with Crippen LogP contribution in [-0.4, -0.2) is 19.2 Å². The summed E-state index contributed by atoms with van der Waals surface area (Å²) < 4.78 is 23.7. The zero-order valence-corrected chi connectivity index (χ0v) is 12.4. The summed E-state index contributed by atoms with van der Waals surface area (Å²) in [4.78, 5) is 0.862. The second-order valence-corrected chi connectivity index (χ2v) is 7.09. The molecule has 0 aromatic heterocycles. The van der Waals surface area contributed by atoms with Gasteiger partial charge in [-0.1, -0.05) is 38.2 Å². The molecule has 5 heteroatoms. The molecule has 0 aliphatic heterocycles. The molecule has 0 aliphatic carbocycles. The Morgan fingerprint density at radius 2 is 1.89 bits per heavy atom. The van der Waals surface area contributed by atoms with Gasteiger partial charge in [-0.05, 0) is 30.0 Å². The van der Waals surface area contributed by atoms with Crippen LogP contribution in [0.1, 0.15) is 38.2 Å². The number of nitrogens with two attached hydrogens (primary N) is 1. The summed E-state index contributed by atoms with van der Waals surface area (Å²) in [5, 5.41) is 0. The van der Waals surface area contributed by atoms with Gasteiger partial charge < -0.3 is 5.73 Å². The molecule has 0 aliphatic rings. The molecule has 3 nitrogen and oxygen atoms in total. The van der Waals surface area contributed by atoms with Crippen molar-refractivity contribution in [3.63, 3.8) is 0 Å². The average Bonchev–Trinajstić information content (AvgIpc) is 2.28. The summed E-state index contributed by atoms with van der Waals surface area (Å²) in [7, 11) is -3.13. The summed E-state index contributed by atoms with van der Waals surface area (Å²) in [5.41, 5.74) is 6.56. The van der Waals surface area contributed by atoms with E-state index in [4.69, 9.17) is 18.0 Å². The van der Waals surface area contributed by atoms with Crippen molar-refractivity contribution in [1.82, 2.24) is 0 Å². The maximum absolute atomic E-state index is 11.9. The Hall–Kier alpha value is -0.940. The Morgan fingerprint density at radius 1 is 1.33 bits per heavy atom. The van der Waals surface area contributed by atoms with Crippen molar-refractivity contribution in [1.29, 1.82) is 0 Å². The molecule has 0 fully saturated rings. The van der Waals surface area contributed by atoms with Gasteiger partial charge in [-0.15, -0.1) is 0 Å². The molecule has 0 heterocycles. The van der Waals surface area contributed by atoms with Crippen LogP contribution in [0.4, 0.5) is 0 Å². The van der Waals surface area contributed by atoms with Gasteiger partial charge in [0.1, 0.15) is 0 Å². The van der Waals surface area contributed by atoms with Crippen molar-refractivity contribution in [3.05, 3.63) is 29.8 Å². The van der Waals surface area contributed by atoms with E-state index in [9.17, 15) is 8.42 Å². The third-order valence-electron chi connectivity index (χ3n) is 2.79. The maximum atomic E-state index is 11.9. The van der Waals surface area contributed by atoms with Crippen molar-refractivity contribution in [2.45, 2.75) is 37.5 Å². The lowest BCUT2D eigenvalue weighted by molar-refractivity contribution is 0.594. The quantitative estimate of drug-likeness (QED) is 0.816. The molecule has 1 atom stereocenters. The Kier molecular flexibility index (Phi) is 5.28. The molecule has 1 aromatic carbocycles. The standard InChI is InChI=1S/C13H19NO2S2/c1-3-8-18(15,16)12-6-4-11(5-7-12)10(2)9-13(14)17/h4-7,10H,3,8-9H2,1-2H3,(H2,14,17). The third-order valence-corrected chi connectivity index (χ3v) is 4.89. The first kappa shape index (κ1) is 15.1. The van der Waals surface area contributed by atoms with Gasteiger partial charge in [-0.25, -0.2) is 8.42 Å². The molecule has 0 bridgehead atoms. The highest BCUT2D eigenvalue weighted by Crippen LogP contribution is 2.21. The van der Waals surface area contributed by atoms with Crippen LogP contribution in [0, 0.1) is 0 Å². The number of benzene rings is 1. The van der Waals surface area contributed by atoms with Crippen molar-refractivity contribution in [2.24, 2.45) is 5.73 Å². The van der Waals surface area contributed by atoms with Crippen molar-refractivity contribution < 1.29 is 8.42 Å². The highest BCUT2D eigenvalue weighted by atomic mass is 32.2. The lowest BCUT2D eigenvalue weighted by atomic mass is 9.98. The van der Waals surface area contributed by atoms with Crippen molar-refractivity contribution in [2.75, 3.05) is 5.75 Å². The van der Waals surface area contributed by atoms with Crippen LogP contribution in [0.3, 0.4) is 0 Å². The normalized spacial score (nSPS) is 13.2. The van der Waals surface area contributed by atoms with E-state index >= 15 is 0 Å². The Balaban J connectivity index is 2.89. The summed E-state index contributed by atoms with van der Waals surface area (Å²) in [6, 6.07) is 7.00. The molecule has 1 aromatic rings. The first-order valence-corrected chi connectivity index (χ1v) is 8.04. The fourth-order valence-corrected chi connectivity index (χ4v) is 3.38. The minimum atomic E-state index is -3.13. The minimum absolute atomic E-state index is 0.189. The molecule has 0 amide bonds. The predicted molar refractivity (Wildman–Crippen MR) is 78.6 cm³/mol. The van der Waals surface area contributed by atoms with E-state index in [1.165, 1.54) is 0 Å². The summed E-state index contributed by atoms with van der Waals surface area (Å²) in [6.45, 7) is 3.88. The van der Waals surface area contributed by atoms with E-state index in [1.54, 1.807) is 12.1 Å². The van der Waals surface area contributed by atoms with Gasteiger partial charge in [0.2, 0.25) is 0 Å². The Labute approximate surface area is 114 Å². The van der Waals surface area contributed by atoms with Gasteiger partial charge in [-0.2, -0.15) is 0 Å². The van der Waals surface area contributed by atoms with Crippen molar-refractivity contribution in [3.8, 4) is 0 Å². The molecular weight excluding hydrogens is 266 g/mol. The van der Waals surface area contributed by atoms with Crippen LogP contribution in [0.2, 0.25) is 0 Å². The van der Waals surface area contributed by atoms with Gasteiger partial charge in [0.25, 0.3) is 0 Å². The van der Waals surface area contributed by atoms with Crippen LogP contribution < -0.4 is 5.73 Å². The predicted octanol–water partition coefficient (Wildman–Crippen LogP) is 2.65. The van der Waals surface area contributed by atoms with Gasteiger partial charge in [0, 0.05) is 6.42 Å². The van der Waals surface area contributed by atoms with Gasteiger partial charge >= 0.3 is 0 Å². The maximum Gasteiger partial charge on any atom is 0.178 e. The molecular formula is C13H19NO2S2. The number of rotatable bonds is 6. The molecule has 0 saturated carbocycles. The highest BCUT2D eigenvalue weighted by Gasteiger charge is 2.14. The van der Waals surface area contributed by atoms with E-state index in [2.05, 4.69) is 0 Å².